The van der Waals surface area contributed by atoms with Crippen LogP contribution in [-0.2, 0) is 0 Å². The van der Waals surface area contributed by atoms with E-state index in [1.54, 1.807) is 31.4 Å². The van der Waals surface area contributed by atoms with Gasteiger partial charge in [-0.05, 0) is 36.4 Å². The summed E-state index contributed by atoms with van der Waals surface area (Å²) in [7, 11) is 1.58. The monoisotopic (exact) mass is 399 g/mol. The molecule has 0 aliphatic carbocycles. The molecule has 0 aliphatic heterocycles. The first-order valence-electron chi connectivity index (χ1n) is 7.95. The lowest BCUT2D eigenvalue weighted by Crippen LogP contribution is -2.18. The summed E-state index contributed by atoms with van der Waals surface area (Å²) in [6.45, 7) is 0. The number of hydrazone groups is 1. The molecule has 0 unspecified atom stereocenters. The smallest absolute Gasteiger partial charge is 0.289 e. The lowest BCUT2D eigenvalue weighted by atomic mass is 10.1. The highest BCUT2D eigenvalue weighted by Crippen LogP contribution is 2.24. The third-order valence-electron chi connectivity index (χ3n) is 3.75. The van der Waals surface area contributed by atoms with Gasteiger partial charge in [-0.25, -0.2) is 5.43 Å². The number of H-pyrrole nitrogens is 1. The predicted octanol–water partition coefficient (Wildman–Crippen LogP) is 3.41. The molecule has 1 aromatic heterocycles. The molecular formula is C18H14ClN5O4. The van der Waals surface area contributed by atoms with Crippen LogP contribution in [0.25, 0.3) is 11.3 Å². The zero-order valence-electron chi connectivity index (χ0n) is 14.5. The lowest BCUT2D eigenvalue weighted by molar-refractivity contribution is -0.384. The third-order valence-corrected chi connectivity index (χ3v) is 4.07. The minimum absolute atomic E-state index is 0.0229. The number of nitrogens with zero attached hydrogens (tertiary/aromatic N) is 3. The number of ether oxygens (including phenoxy) is 1. The van der Waals surface area contributed by atoms with E-state index in [1.807, 2.05) is 12.1 Å². The van der Waals surface area contributed by atoms with Crippen LogP contribution in [-0.4, -0.2) is 34.4 Å². The molecule has 10 heteroatoms. The van der Waals surface area contributed by atoms with E-state index in [-0.39, 0.29) is 16.4 Å². The number of aromatic amines is 1. The molecule has 0 radical (unpaired) electrons. The van der Waals surface area contributed by atoms with Gasteiger partial charge < -0.3 is 4.74 Å². The fourth-order valence-electron chi connectivity index (χ4n) is 2.32. The normalized spacial score (nSPS) is 10.8. The fraction of sp³-hybridized carbons (Fsp3) is 0.0556. The van der Waals surface area contributed by atoms with Gasteiger partial charge in [-0.15, -0.1) is 0 Å². The molecule has 0 spiro atoms. The topological polar surface area (TPSA) is 123 Å². The van der Waals surface area contributed by atoms with Gasteiger partial charge in [0.15, 0.2) is 0 Å². The van der Waals surface area contributed by atoms with Crippen LogP contribution in [0.4, 0.5) is 5.69 Å². The number of hydrogen-bond donors (Lipinski definition) is 2. The Labute approximate surface area is 164 Å². The van der Waals surface area contributed by atoms with E-state index in [2.05, 4.69) is 20.7 Å². The van der Waals surface area contributed by atoms with Crippen molar-refractivity contribution in [3.63, 3.8) is 0 Å². The molecule has 2 N–H and O–H groups in total. The van der Waals surface area contributed by atoms with Crippen molar-refractivity contribution in [3.8, 4) is 17.0 Å². The van der Waals surface area contributed by atoms with E-state index >= 15 is 0 Å². The van der Waals surface area contributed by atoms with Gasteiger partial charge in [0.2, 0.25) is 0 Å². The van der Waals surface area contributed by atoms with Crippen LogP contribution < -0.4 is 10.2 Å². The van der Waals surface area contributed by atoms with Crippen LogP contribution >= 0.6 is 11.6 Å². The van der Waals surface area contributed by atoms with E-state index < -0.39 is 10.8 Å². The van der Waals surface area contributed by atoms with Crippen LogP contribution in [0.5, 0.6) is 5.75 Å². The molecule has 28 heavy (non-hydrogen) atoms. The van der Waals surface area contributed by atoms with Crippen LogP contribution in [0, 0.1) is 10.1 Å². The van der Waals surface area contributed by atoms with Gasteiger partial charge in [0.05, 0.1) is 23.9 Å². The summed E-state index contributed by atoms with van der Waals surface area (Å²) in [5.41, 5.74) is 4.12. The van der Waals surface area contributed by atoms with E-state index in [1.165, 1.54) is 18.3 Å². The average molecular weight is 400 g/mol. The maximum absolute atomic E-state index is 12.2. The second kappa shape index (κ2) is 8.31. The summed E-state index contributed by atoms with van der Waals surface area (Å²) in [6.07, 6.45) is 1.28. The van der Waals surface area contributed by atoms with Crippen LogP contribution in [0.2, 0.25) is 5.02 Å². The Bertz CT molecular complexity index is 1050. The highest BCUT2D eigenvalue weighted by atomic mass is 35.5. The first-order chi connectivity index (χ1) is 13.5. The van der Waals surface area contributed by atoms with Gasteiger partial charge in [-0.2, -0.15) is 10.2 Å². The molecule has 1 heterocycles. The van der Waals surface area contributed by atoms with Crippen molar-refractivity contribution in [2.45, 2.75) is 0 Å². The molecule has 2 aromatic carbocycles. The fourth-order valence-corrected chi connectivity index (χ4v) is 2.51. The Morgan fingerprint density at radius 3 is 2.71 bits per heavy atom. The van der Waals surface area contributed by atoms with Crippen LogP contribution in [0.1, 0.15) is 16.1 Å². The zero-order chi connectivity index (χ0) is 20.1. The SMILES string of the molecule is COc1ccc(-c2cc(C(=O)NN=Cc3ccc(Cl)c([N+](=O)[O-])c3)[nH]n2)cc1. The zero-order valence-corrected chi connectivity index (χ0v) is 15.3. The van der Waals surface area contributed by atoms with Gasteiger partial charge in [0.1, 0.15) is 16.5 Å². The standard InChI is InChI=1S/C18H14ClN5O4/c1-28-13-5-3-12(4-6-13)15-9-16(22-21-15)18(25)23-20-10-11-2-7-14(19)17(8-11)24(26)27/h2-10H,1H3,(H,21,22)(H,23,25). The molecule has 142 valence electrons. The Hall–Kier alpha value is -3.72. The number of rotatable bonds is 6. The number of aromatic nitrogens is 2. The van der Waals surface area contributed by atoms with Crippen molar-refractivity contribution >= 4 is 29.4 Å². The molecule has 1 amide bonds. The van der Waals surface area contributed by atoms with Gasteiger partial charge >= 0.3 is 0 Å². The Morgan fingerprint density at radius 1 is 1.29 bits per heavy atom. The first-order valence-corrected chi connectivity index (χ1v) is 8.33. The molecule has 0 saturated heterocycles. The van der Waals surface area contributed by atoms with Crippen molar-refractivity contribution in [2.24, 2.45) is 5.10 Å². The second-order valence-electron chi connectivity index (χ2n) is 5.56. The number of nitro groups is 1. The minimum atomic E-state index is -0.594. The Balaban J connectivity index is 1.67. The quantitative estimate of drug-likeness (QED) is 0.373. The largest absolute Gasteiger partial charge is 0.497 e. The van der Waals surface area contributed by atoms with Crippen molar-refractivity contribution in [2.75, 3.05) is 7.11 Å². The highest BCUT2D eigenvalue weighted by Gasteiger charge is 2.13. The molecule has 0 bridgehead atoms. The first kappa shape index (κ1) is 19.1. The number of nitrogens with one attached hydrogen (secondary N) is 2. The highest BCUT2D eigenvalue weighted by molar-refractivity contribution is 6.32. The van der Waals surface area contributed by atoms with E-state index in [0.29, 0.717) is 17.0 Å². The number of benzene rings is 2. The molecule has 3 aromatic rings. The van der Waals surface area contributed by atoms with Crippen LogP contribution in [0.3, 0.4) is 0 Å². The molecular weight excluding hydrogens is 386 g/mol. The summed E-state index contributed by atoms with van der Waals surface area (Å²) in [6, 6.07) is 13.0. The number of hydrogen-bond acceptors (Lipinski definition) is 6. The Morgan fingerprint density at radius 2 is 2.04 bits per heavy atom. The maximum Gasteiger partial charge on any atom is 0.289 e. The summed E-state index contributed by atoms with van der Waals surface area (Å²) in [5.74, 6) is 0.209. The van der Waals surface area contributed by atoms with Crippen molar-refractivity contribution in [1.82, 2.24) is 15.6 Å². The lowest BCUT2D eigenvalue weighted by Gasteiger charge is -2.00. The van der Waals surface area contributed by atoms with E-state index in [4.69, 9.17) is 16.3 Å². The maximum atomic E-state index is 12.2. The molecule has 0 atom stereocenters. The summed E-state index contributed by atoms with van der Waals surface area (Å²) in [5, 5.41) is 21.4. The van der Waals surface area contributed by atoms with Crippen molar-refractivity contribution in [1.29, 1.82) is 0 Å². The van der Waals surface area contributed by atoms with Crippen molar-refractivity contribution < 1.29 is 14.5 Å². The number of methoxy groups -OCH3 is 1. The van der Waals surface area contributed by atoms with E-state index in [0.717, 1.165) is 5.56 Å². The molecule has 0 aliphatic rings. The number of carbonyl (C=O) groups is 1. The van der Waals surface area contributed by atoms with Crippen LogP contribution in [0.15, 0.2) is 53.6 Å². The summed E-state index contributed by atoms with van der Waals surface area (Å²) in [4.78, 5) is 22.5. The third kappa shape index (κ3) is 4.33. The number of nitro benzene ring substituents is 1. The summed E-state index contributed by atoms with van der Waals surface area (Å²) >= 11 is 5.75. The van der Waals surface area contributed by atoms with Gasteiger partial charge in [-0.3, -0.25) is 20.0 Å². The molecule has 0 fully saturated rings. The predicted molar refractivity (Wildman–Crippen MR) is 104 cm³/mol. The summed E-state index contributed by atoms with van der Waals surface area (Å²) < 4.78 is 5.10. The van der Waals surface area contributed by atoms with Gasteiger partial charge in [0.25, 0.3) is 11.6 Å². The van der Waals surface area contributed by atoms with Crippen molar-refractivity contribution in [3.05, 3.63) is 74.9 Å². The molecule has 9 nitrogen and oxygen atoms in total. The average Bonchev–Trinajstić information content (AvgIpc) is 3.19. The second-order valence-corrected chi connectivity index (χ2v) is 5.97. The van der Waals surface area contributed by atoms with E-state index in [9.17, 15) is 14.9 Å². The minimum Gasteiger partial charge on any atom is -0.497 e. The number of carbonyl (C=O) groups excluding carboxylic acids is 1. The van der Waals surface area contributed by atoms with Gasteiger partial charge in [-0.1, -0.05) is 17.7 Å². The molecule has 3 rings (SSSR count). The number of amides is 1. The molecule has 0 saturated carbocycles. The number of halogens is 1. The van der Waals surface area contributed by atoms with Gasteiger partial charge in [0, 0.05) is 17.2 Å². The Kier molecular flexibility index (Phi) is 5.66.